The first-order valence-corrected chi connectivity index (χ1v) is 13.4. The van der Waals surface area contributed by atoms with Gasteiger partial charge in [-0.3, -0.25) is 14.5 Å². The Bertz CT molecular complexity index is 1540. The van der Waals surface area contributed by atoms with Crippen LogP contribution in [0.25, 0.3) is 6.08 Å². The highest BCUT2D eigenvalue weighted by molar-refractivity contribution is 8.18. The summed E-state index contributed by atoms with van der Waals surface area (Å²) in [6.45, 7) is 0.0173. The summed E-state index contributed by atoms with van der Waals surface area (Å²) in [6, 6.07) is 15.4. The van der Waals surface area contributed by atoms with Crippen molar-refractivity contribution in [2.24, 2.45) is 0 Å². The first-order chi connectivity index (χ1) is 17.7. The van der Waals surface area contributed by atoms with E-state index < -0.39 is 21.3 Å². The van der Waals surface area contributed by atoms with Crippen LogP contribution in [0.1, 0.15) is 11.1 Å². The van der Waals surface area contributed by atoms with E-state index in [1.165, 1.54) is 37.5 Å². The van der Waals surface area contributed by atoms with Gasteiger partial charge in [0, 0.05) is 11.1 Å². The van der Waals surface area contributed by atoms with E-state index in [2.05, 4.69) is 0 Å². The van der Waals surface area contributed by atoms with Crippen LogP contribution in [-0.2, 0) is 21.5 Å². The van der Waals surface area contributed by atoms with Crippen LogP contribution in [0.4, 0.5) is 4.79 Å². The van der Waals surface area contributed by atoms with Gasteiger partial charge in [0.25, 0.3) is 11.1 Å². The summed E-state index contributed by atoms with van der Waals surface area (Å²) in [4.78, 5) is 26.9. The predicted molar refractivity (Wildman–Crippen MR) is 136 cm³/mol. The molecule has 2 heterocycles. The average Bonchev–Trinajstić information content (AvgIpc) is 3.43. The van der Waals surface area contributed by atoms with Crippen molar-refractivity contribution in [2.75, 3.05) is 13.9 Å². The molecule has 3 aromatic carbocycles. The molecule has 1 saturated heterocycles. The molecule has 0 unspecified atom stereocenters. The SMILES string of the molecule is COc1ccc(/C=C2\SC(=O)N(Cc3cc4c(cc3Cl)OCO4)C2=O)cc1OS(=O)(=O)c1ccccc1. The zero-order valence-electron chi connectivity index (χ0n) is 19.2. The molecule has 37 heavy (non-hydrogen) atoms. The zero-order valence-corrected chi connectivity index (χ0v) is 21.6. The van der Waals surface area contributed by atoms with E-state index in [-0.39, 0.29) is 34.6 Å². The van der Waals surface area contributed by atoms with Gasteiger partial charge in [-0.1, -0.05) is 35.9 Å². The molecule has 2 aliphatic heterocycles. The Kier molecular flexibility index (Phi) is 6.76. The molecule has 0 atom stereocenters. The highest BCUT2D eigenvalue weighted by Gasteiger charge is 2.36. The Morgan fingerprint density at radius 1 is 1.03 bits per heavy atom. The van der Waals surface area contributed by atoms with Gasteiger partial charge < -0.3 is 18.4 Å². The zero-order chi connectivity index (χ0) is 26.2. The normalized spacial score (nSPS) is 15.9. The molecule has 0 saturated carbocycles. The standard InChI is InChI=1S/C25H18ClNO8S2/c1-32-19-8-7-15(9-22(19)35-37(30,31)17-5-3-2-4-6-17)10-23-24(28)27(25(29)36-23)13-16-11-20-21(12-18(16)26)34-14-33-20/h2-12H,13-14H2,1H3/b23-10-. The molecule has 0 spiro atoms. The number of fused-ring (bicyclic) bond motifs is 1. The summed E-state index contributed by atoms with van der Waals surface area (Å²) >= 11 is 7.07. The first kappa shape index (κ1) is 25.0. The topological polar surface area (TPSA) is 108 Å². The molecule has 2 amide bonds. The summed E-state index contributed by atoms with van der Waals surface area (Å²) in [5.41, 5.74) is 0.964. The van der Waals surface area contributed by atoms with Crippen LogP contribution in [0, 0.1) is 0 Å². The Morgan fingerprint density at radius 2 is 1.76 bits per heavy atom. The quantitative estimate of drug-likeness (QED) is 0.289. The van der Waals surface area contributed by atoms with Crippen LogP contribution >= 0.6 is 23.4 Å². The second-order valence-electron chi connectivity index (χ2n) is 7.83. The first-order valence-electron chi connectivity index (χ1n) is 10.8. The largest absolute Gasteiger partial charge is 0.493 e. The fourth-order valence-electron chi connectivity index (χ4n) is 3.64. The minimum Gasteiger partial charge on any atom is -0.493 e. The van der Waals surface area contributed by atoms with Crippen molar-refractivity contribution < 1.29 is 36.4 Å². The maximum absolute atomic E-state index is 13.1. The molecule has 12 heteroatoms. The summed E-state index contributed by atoms with van der Waals surface area (Å²) < 4.78 is 46.6. The lowest BCUT2D eigenvalue weighted by Gasteiger charge is -2.14. The van der Waals surface area contributed by atoms with E-state index >= 15 is 0 Å². The molecule has 9 nitrogen and oxygen atoms in total. The van der Waals surface area contributed by atoms with Gasteiger partial charge in [0.1, 0.15) is 4.90 Å². The molecule has 1 fully saturated rings. The Labute approximate surface area is 221 Å². The third-order valence-electron chi connectivity index (χ3n) is 5.46. The number of rotatable bonds is 7. The molecular weight excluding hydrogens is 542 g/mol. The number of imide groups is 1. The Balaban J connectivity index is 1.39. The number of thioether (sulfide) groups is 1. The predicted octanol–water partition coefficient (Wildman–Crippen LogP) is 5.08. The maximum atomic E-state index is 13.1. The van der Waals surface area contributed by atoms with Crippen molar-refractivity contribution in [1.29, 1.82) is 0 Å². The smallest absolute Gasteiger partial charge is 0.339 e. The van der Waals surface area contributed by atoms with Crippen LogP contribution in [-0.4, -0.2) is 38.4 Å². The second kappa shape index (κ2) is 10.0. The Hall–Kier alpha value is -3.67. The number of hydrogen-bond donors (Lipinski definition) is 0. The summed E-state index contributed by atoms with van der Waals surface area (Å²) in [5.74, 6) is 0.584. The van der Waals surface area contributed by atoms with E-state index in [0.717, 1.165) is 16.7 Å². The van der Waals surface area contributed by atoms with Crippen molar-refractivity contribution in [3.63, 3.8) is 0 Å². The number of benzene rings is 3. The van der Waals surface area contributed by atoms with Crippen LogP contribution in [0.15, 0.2) is 70.5 Å². The van der Waals surface area contributed by atoms with Crippen molar-refractivity contribution in [2.45, 2.75) is 11.4 Å². The molecule has 190 valence electrons. The van der Waals surface area contributed by atoms with Crippen LogP contribution < -0.4 is 18.4 Å². The number of amides is 2. The number of hydrogen-bond acceptors (Lipinski definition) is 9. The minimum atomic E-state index is -4.13. The number of ether oxygens (including phenoxy) is 3. The molecular formula is C25H18ClNO8S2. The van der Waals surface area contributed by atoms with Crippen molar-refractivity contribution in [3.05, 3.63) is 81.7 Å². The van der Waals surface area contributed by atoms with E-state index in [1.54, 1.807) is 36.4 Å². The third-order valence-corrected chi connectivity index (χ3v) is 7.97. The lowest BCUT2D eigenvalue weighted by Crippen LogP contribution is -2.27. The third kappa shape index (κ3) is 5.10. The summed E-state index contributed by atoms with van der Waals surface area (Å²) in [7, 11) is -2.75. The summed E-state index contributed by atoms with van der Waals surface area (Å²) in [5, 5.41) is -0.134. The van der Waals surface area contributed by atoms with Crippen LogP contribution in [0.5, 0.6) is 23.0 Å². The van der Waals surface area contributed by atoms with E-state index in [9.17, 15) is 18.0 Å². The van der Waals surface area contributed by atoms with Crippen LogP contribution in [0.3, 0.4) is 0 Å². The lowest BCUT2D eigenvalue weighted by molar-refractivity contribution is -0.123. The number of halogens is 1. The van der Waals surface area contributed by atoms with Crippen LogP contribution in [0.2, 0.25) is 5.02 Å². The number of carbonyl (C=O) groups is 2. The Morgan fingerprint density at radius 3 is 2.49 bits per heavy atom. The number of nitrogens with zero attached hydrogens (tertiary/aromatic N) is 1. The number of methoxy groups -OCH3 is 1. The van der Waals surface area contributed by atoms with E-state index in [0.29, 0.717) is 27.6 Å². The van der Waals surface area contributed by atoms with Crippen molar-refractivity contribution in [3.8, 4) is 23.0 Å². The second-order valence-corrected chi connectivity index (χ2v) is 10.8. The van der Waals surface area contributed by atoms with Gasteiger partial charge in [0.2, 0.25) is 6.79 Å². The van der Waals surface area contributed by atoms with Gasteiger partial charge in [-0.2, -0.15) is 8.42 Å². The molecule has 0 aliphatic carbocycles. The van der Waals surface area contributed by atoms with E-state index in [4.69, 9.17) is 30.0 Å². The van der Waals surface area contributed by atoms with Crippen molar-refractivity contribution >= 4 is 50.7 Å². The maximum Gasteiger partial charge on any atom is 0.339 e. The van der Waals surface area contributed by atoms with Gasteiger partial charge in [-0.05, 0) is 59.3 Å². The minimum absolute atomic E-state index is 0.0225. The highest BCUT2D eigenvalue weighted by atomic mass is 35.5. The molecule has 0 bridgehead atoms. The van der Waals surface area contributed by atoms with Gasteiger partial charge in [0.15, 0.2) is 23.0 Å². The molecule has 0 aromatic heterocycles. The fraction of sp³-hybridized carbons (Fsp3) is 0.120. The van der Waals surface area contributed by atoms with Gasteiger partial charge in [-0.25, -0.2) is 0 Å². The molecule has 0 radical (unpaired) electrons. The lowest BCUT2D eigenvalue weighted by atomic mass is 10.1. The average molecular weight is 560 g/mol. The fourth-order valence-corrected chi connectivity index (χ4v) is 5.65. The monoisotopic (exact) mass is 559 g/mol. The molecule has 2 aliphatic rings. The van der Waals surface area contributed by atoms with Crippen molar-refractivity contribution in [1.82, 2.24) is 4.90 Å². The molecule has 5 rings (SSSR count). The van der Waals surface area contributed by atoms with E-state index in [1.807, 2.05) is 0 Å². The molecule has 0 N–H and O–H groups in total. The van der Waals surface area contributed by atoms with Gasteiger partial charge in [-0.15, -0.1) is 0 Å². The van der Waals surface area contributed by atoms with Gasteiger partial charge in [0.05, 0.1) is 18.6 Å². The van der Waals surface area contributed by atoms with Gasteiger partial charge >= 0.3 is 10.1 Å². The highest BCUT2D eigenvalue weighted by Crippen LogP contribution is 2.40. The molecule has 3 aromatic rings. The summed E-state index contributed by atoms with van der Waals surface area (Å²) in [6.07, 6.45) is 1.48. The number of carbonyl (C=O) groups excluding carboxylic acids is 2.